The predicted octanol–water partition coefficient (Wildman–Crippen LogP) is 17.9. The first-order chi connectivity index (χ1) is 33.0. The molecule has 0 aliphatic carbocycles. The van der Waals surface area contributed by atoms with Crippen LogP contribution in [0.3, 0.4) is 0 Å². The van der Waals surface area contributed by atoms with Crippen molar-refractivity contribution in [2.24, 2.45) is 0 Å². The van der Waals surface area contributed by atoms with E-state index in [0.717, 1.165) is 83.5 Å². The maximum Gasteiger partial charge on any atom is 0.306 e. The lowest BCUT2D eigenvalue weighted by Crippen LogP contribution is -2.30. The molecule has 0 saturated carbocycles. The molecule has 67 heavy (non-hydrogen) atoms. The maximum absolute atomic E-state index is 12.8. The van der Waals surface area contributed by atoms with Gasteiger partial charge < -0.3 is 14.2 Å². The summed E-state index contributed by atoms with van der Waals surface area (Å²) in [7, 11) is 0. The second-order valence-corrected chi connectivity index (χ2v) is 17.3. The van der Waals surface area contributed by atoms with Gasteiger partial charge in [0.15, 0.2) is 6.10 Å². The molecule has 0 saturated heterocycles. The van der Waals surface area contributed by atoms with Crippen LogP contribution in [0.15, 0.2) is 134 Å². The number of rotatable bonds is 46. The normalized spacial score (nSPS) is 13.2. The number of carbonyl (C=O) groups is 3. The minimum Gasteiger partial charge on any atom is -0.462 e. The fourth-order valence-electron chi connectivity index (χ4n) is 6.80. The summed E-state index contributed by atoms with van der Waals surface area (Å²) in [6.45, 7) is 6.33. The monoisotopic (exact) mass is 925 g/mol. The van der Waals surface area contributed by atoms with Gasteiger partial charge in [0.1, 0.15) is 13.2 Å². The van der Waals surface area contributed by atoms with Crippen LogP contribution in [0.5, 0.6) is 0 Å². The van der Waals surface area contributed by atoms with Crippen LogP contribution in [-0.2, 0) is 28.6 Å². The molecule has 0 aromatic rings. The lowest BCUT2D eigenvalue weighted by atomic mass is 10.1. The molecule has 0 spiro atoms. The molecule has 0 rings (SSSR count). The molecule has 6 heteroatoms. The zero-order chi connectivity index (χ0) is 48.6. The summed E-state index contributed by atoms with van der Waals surface area (Å²) in [6.07, 6.45) is 75.7. The highest BCUT2D eigenvalue weighted by atomic mass is 16.6. The third-order valence-electron chi connectivity index (χ3n) is 10.9. The van der Waals surface area contributed by atoms with Crippen LogP contribution in [0, 0.1) is 0 Å². The highest BCUT2D eigenvalue weighted by molar-refractivity contribution is 5.71. The van der Waals surface area contributed by atoms with Gasteiger partial charge in [-0.2, -0.15) is 0 Å². The molecule has 0 amide bonds. The molecule has 0 aliphatic heterocycles. The van der Waals surface area contributed by atoms with E-state index in [9.17, 15) is 14.4 Å². The van der Waals surface area contributed by atoms with Gasteiger partial charge in [0.25, 0.3) is 0 Å². The second-order valence-electron chi connectivity index (χ2n) is 17.3. The molecule has 0 bridgehead atoms. The molecule has 0 aromatic heterocycles. The molecule has 0 aliphatic rings. The zero-order valence-electron chi connectivity index (χ0n) is 42.9. The maximum atomic E-state index is 12.8. The van der Waals surface area contributed by atoms with Crippen LogP contribution >= 0.6 is 0 Å². The number of carbonyl (C=O) groups excluding carboxylic acids is 3. The zero-order valence-corrected chi connectivity index (χ0v) is 42.9. The van der Waals surface area contributed by atoms with E-state index in [4.69, 9.17) is 14.2 Å². The lowest BCUT2D eigenvalue weighted by molar-refractivity contribution is -0.167. The lowest BCUT2D eigenvalue weighted by Gasteiger charge is -2.18. The Kier molecular flexibility index (Phi) is 50.6. The summed E-state index contributed by atoms with van der Waals surface area (Å²) < 4.78 is 16.7. The molecule has 376 valence electrons. The number of allylic oxidation sites excluding steroid dienone is 22. The molecule has 6 nitrogen and oxygen atoms in total. The van der Waals surface area contributed by atoms with Crippen molar-refractivity contribution in [3.05, 3.63) is 134 Å². The Morgan fingerprint density at radius 2 is 0.597 bits per heavy atom. The van der Waals surface area contributed by atoms with Gasteiger partial charge in [0, 0.05) is 19.3 Å². The Hall–Kier alpha value is -4.45. The predicted molar refractivity (Wildman–Crippen MR) is 288 cm³/mol. The van der Waals surface area contributed by atoms with Crippen LogP contribution in [-0.4, -0.2) is 37.2 Å². The van der Waals surface area contributed by atoms with Gasteiger partial charge in [0.2, 0.25) is 0 Å². The number of hydrogen-bond donors (Lipinski definition) is 0. The van der Waals surface area contributed by atoms with Crippen molar-refractivity contribution in [1.82, 2.24) is 0 Å². The van der Waals surface area contributed by atoms with E-state index in [2.05, 4.69) is 81.5 Å². The smallest absolute Gasteiger partial charge is 0.306 e. The average Bonchev–Trinajstić information content (AvgIpc) is 3.33. The minimum absolute atomic E-state index is 0.113. The minimum atomic E-state index is -0.814. The Balaban J connectivity index is 4.50. The highest BCUT2D eigenvalue weighted by Crippen LogP contribution is 2.14. The summed E-state index contributed by atoms with van der Waals surface area (Å²) in [5.41, 5.74) is 0. The van der Waals surface area contributed by atoms with E-state index in [1.165, 1.54) is 89.9 Å². The first-order valence-corrected chi connectivity index (χ1v) is 26.8. The van der Waals surface area contributed by atoms with Crippen molar-refractivity contribution in [3.63, 3.8) is 0 Å². The second kappa shape index (κ2) is 54.2. The summed E-state index contributed by atoms with van der Waals surface area (Å²) in [4.78, 5) is 38.0. The molecule has 0 aromatic carbocycles. The van der Waals surface area contributed by atoms with Crippen LogP contribution in [0.25, 0.3) is 0 Å². The quantitative estimate of drug-likeness (QED) is 0.0262. The third kappa shape index (κ3) is 52.4. The van der Waals surface area contributed by atoms with Gasteiger partial charge in [-0.3, -0.25) is 14.4 Å². The molecule has 1 atom stereocenters. The van der Waals surface area contributed by atoms with E-state index < -0.39 is 6.10 Å². The average molecular weight is 925 g/mol. The topological polar surface area (TPSA) is 78.9 Å². The van der Waals surface area contributed by atoms with Crippen LogP contribution in [0.4, 0.5) is 0 Å². The fourth-order valence-corrected chi connectivity index (χ4v) is 6.80. The molecule has 0 radical (unpaired) electrons. The standard InChI is InChI=1S/C61H96O6/c1-4-7-10-13-16-19-22-24-26-28-30-32-34-36-39-42-45-48-51-54-60(63)66-57-58(56-65-59(62)53-50-47-44-41-38-21-18-15-12-9-6-3)67-61(64)55-52-49-46-43-40-37-35-33-31-29-27-25-23-20-17-14-11-8-5-2/h7,10,13,15-26,28,30,32,34,36,38-39,58H,4-6,8-9,11-12,14,27,29,31,33,35,37,40-57H2,1-3H3/b10-7-,16-13-,18-15-,20-17-,22-19-,25-23-,26-24-,30-28+,34-32-,38-21-,39-36-. The highest BCUT2D eigenvalue weighted by Gasteiger charge is 2.19. The first kappa shape index (κ1) is 62.5. The largest absolute Gasteiger partial charge is 0.462 e. The molecular formula is C61H96O6. The molecule has 0 fully saturated rings. The number of unbranched alkanes of at least 4 members (excludes halogenated alkanes) is 21. The van der Waals surface area contributed by atoms with Gasteiger partial charge in [-0.1, -0.05) is 244 Å². The first-order valence-electron chi connectivity index (χ1n) is 26.8. The van der Waals surface area contributed by atoms with Gasteiger partial charge in [0.05, 0.1) is 0 Å². The van der Waals surface area contributed by atoms with Crippen LogP contribution in [0.2, 0.25) is 0 Å². The molecule has 1 unspecified atom stereocenters. The Morgan fingerprint density at radius 3 is 0.985 bits per heavy atom. The van der Waals surface area contributed by atoms with Crippen LogP contribution < -0.4 is 0 Å². The third-order valence-corrected chi connectivity index (χ3v) is 10.9. The molecular weight excluding hydrogens is 829 g/mol. The van der Waals surface area contributed by atoms with Crippen molar-refractivity contribution >= 4 is 17.9 Å². The summed E-state index contributed by atoms with van der Waals surface area (Å²) in [5.74, 6) is -0.996. The Bertz CT molecular complexity index is 1480. The summed E-state index contributed by atoms with van der Waals surface area (Å²) in [6, 6.07) is 0. The SMILES string of the molecule is CC\C=C/C=C\C=C/C=C\C=C\C=C/C=C\CCCCCC(=O)OCC(COC(=O)CCCCC/C=C\C=C/CCCC)OC(=O)CCCCCCCCCCCC/C=C\C=C/CCCCC. The summed E-state index contributed by atoms with van der Waals surface area (Å²) >= 11 is 0. The van der Waals surface area contributed by atoms with E-state index in [0.29, 0.717) is 19.3 Å². The fraction of sp³-hybridized carbons (Fsp3) is 0.590. The van der Waals surface area contributed by atoms with E-state index in [-0.39, 0.29) is 31.1 Å². The van der Waals surface area contributed by atoms with Crippen molar-refractivity contribution in [2.75, 3.05) is 13.2 Å². The van der Waals surface area contributed by atoms with E-state index in [1.807, 2.05) is 72.9 Å². The Labute approximate surface area is 411 Å². The number of ether oxygens (including phenoxy) is 3. The van der Waals surface area contributed by atoms with Crippen molar-refractivity contribution in [3.8, 4) is 0 Å². The van der Waals surface area contributed by atoms with Gasteiger partial charge in [-0.25, -0.2) is 0 Å². The Morgan fingerprint density at radius 1 is 0.313 bits per heavy atom. The van der Waals surface area contributed by atoms with Gasteiger partial charge >= 0.3 is 17.9 Å². The molecule has 0 N–H and O–H groups in total. The number of esters is 3. The van der Waals surface area contributed by atoms with Crippen LogP contribution in [0.1, 0.15) is 213 Å². The van der Waals surface area contributed by atoms with E-state index in [1.54, 1.807) is 0 Å². The number of hydrogen-bond acceptors (Lipinski definition) is 6. The van der Waals surface area contributed by atoms with Crippen molar-refractivity contribution in [2.45, 2.75) is 219 Å². The van der Waals surface area contributed by atoms with Gasteiger partial charge in [-0.15, -0.1) is 0 Å². The van der Waals surface area contributed by atoms with Crippen molar-refractivity contribution < 1.29 is 28.6 Å². The summed E-state index contributed by atoms with van der Waals surface area (Å²) in [5, 5.41) is 0. The van der Waals surface area contributed by atoms with Crippen molar-refractivity contribution in [1.29, 1.82) is 0 Å². The van der Waals surface area contributed by atoms with Gasteiger partial charge in [-0.05, 0) is 83.5 Å². The molecule has 0 heterocycles. The van der Waals surface area contributed by atoms with E-state index >= 15 is 0 Å².